The van der Waals surface area contributed by atoms with Gasteiger partial charge in [0, 0.05) is 30.2 Å². The van der Waals surface area contributed by atoms with Crippen molar-refractivity contribution < 1.29 is 9.18 Å². The SMILES string of the molecule is Cc1[nH]c2c(C(N)=O)cc(F)c(N3CCC[C@H](N)C3)c2c1C. The van der Waals surface area contributed by atoms with Crippen molar-refractivity contribution in [3.05, 3.63) is 28.7 Å². The molecule has 118 valence electrons. The second-order valence-corrected chi connectivity index (χ2v) is 6.09. The normalized spacial score (nSPS) is 18.9. The Labute approximate surface area is 128 Å². The Morgan fingerprint density at radius 2 is 2.18 bits per heavy atom. The van der Waals surface area contributed by atoms with Crippen molar-refractivity contribution in [2.45, 2.75) is 32.7 Å². The highest BCUT2D eigenvalue weighted by molar-refractivity contribution is 6.10. The molecule has 1 aliphatic rings. The number of aromatic amines is 1. The molecule has 3 rings (SSSR count). The number of hydrogen-bond acceptors (Lipinski definition) is 3. The lowest BCUT2D eigenvalue weighted by molar-refractivity contribution is 0.100. The van der Waals surface area contributed by atoms with Crippen molar-refractivity contribution in [1.29, 1.82) is 0 Å². The molecule has 0 spiro atoms. The Bertz CT molecular complexity index is 752. The van der Waals surface area contributed by atoms with Crippen LogP contribution in [0.4, 0.5) is 10.1 Å². The summed E-state index contributed by atoms with van der Waals surface area (Å²) in [5, 5.41) is 0.736. The lowest BCUT2D eigenvalue weighted by Gasteiger charge is -2.33. The Morgan fingerprint density at radius 3 is 2.82 bits per heavy atom. The highest BCUT2D eigenvalue weighted by Gasteiger charge is 2.26. The van der Waals surface area contributed by atoms with E-state index in [1.165, 1.54) is 6.07 Å². The first-order chi connectivity index (χ1) is 10.4. The van der Waals surface area contributed by atoms with Crippen LogP contribution >= 0.6 is 0 Å². The van der Waals surface area contributed by atoms with Crippen LogP contribution < -0.4 is 16.4 Å². The van der Waals surface area contributed by atoms with Gasteiger partial charge in [0.2, 0.25) is 0 Å². The van der Waals surface area contributed by atoms with Crippen LogP contribution in [0.3, 0.4) is 0 Å². The fourth-order valence-corrected chi connectivity index (χ4v) is 3.32. The maximum Gasteiger partial charge on any atom is 0.250 e. The number of carbonyl (C=O) groups is 1. The number of nitrogens with two attached hydrogens (primary N) is 2. The Balaban J connectivity index is 2.28. The number of hydrogen-bond donors (Lipinski definition) is 3. The molecule has 2 aromatic rings. The minimum absolute atomic E-state index is 0.0411. The molecule has 6 heteroatoms. The van der Waals surface area contributed by atoms with E-state index in [9.17, 15) is 9.18 Å². The molecule has 1 aliphatic heterocycles. The number of nitrogens with zero attached hydrogens (tertiary/aromatic N) is 1. The number of carbonyl (C=O) groups excluding carboxylic acids is 1. The van der Waals surface area contributed by atoms with Gasteiger partial charge in [0.15, 0.2) is 0 Å². The maximum atomic E-state index is 14.7. The third-order valence-corrected chi connectivity index (χ3v) is 4.54. The van der Waals surface area contributed by atoms with E-state index in [2.05, 4.69) is 4.98 Å². The van der Waals surface area contributed by atoms with Crippen molar-refractivity contribution in [2.24, 2.45) is 11.5 Å². The summed E-state index contributed by atoms with van der Waals surface area (Å²) in [5.41, 5.74) is 14.6. The average Bonchev–Trinajstić information content (AvgIpc) is 2.74. The molecule has 1 saturated heterocycles. The molecule has 0 aliphatic carbocycles. The molecule has 2 heterocycles. The van der Waals surface area contributed by atoms with Gasteiger partial charge in [-0.25, -0.2) is 4.39 Å². The maximum absolute atomic E-state index is 14.7. The molecule has 0 unspecified atom stereocenters. The number of primary amides is 1. The zero-order valence-electron chi connectivity index (χ0n) is 12.9. The van der Waals surface area contributed by atoms with Gasteiger partial charge >= 0.3 is 0 Å². The van der Waals surface area contributed by atoms with Crippen LogP contribution in [-0.4, -0.2) is 30.0 Å². The summed E-state index contributed by atoms with van der Waals surface area (Å²) >= 11 is 0. The van der Waals surface area contributed by atoms with Crippen LogP contribution in [0.1, 0.15) is 34.5 Å². The molecule has 0 bridgehead atoms. The summed E-state index contributed by atoms with van der Waals surface area (Å²) in [7, 11) is 0. The molecule has 1 aromatic heterocycles. The van der Waals surface area contributed by atoms with E-state index >= 15 is 0 Å². The Hall–Kier alpha value is -2.08. The van der Waals surface area contributed by atoms with Crippen LogP contribution in [0.2, 0.25) is 0 Å². The fourth-order valence-electron chi connectivity index (χ4n) is 3.32. The van der Waals surface area contributed by atoms with E-state index < -0.39 is 11.7 Å². The van der Waals surface area contributed by atoms with Gasteiger partial charge in [-0.05, 0) is 38.3 Å². The summed E-state index contributed by atoms with van der Waals surface area (Å²) < 4.78 is 14.7. The average molecular weight is 304 g/mol. The number of anilines is 1. The van der Waals surface area contributed by atoms with E-state index in [0.29, 0.717) is 17.7 Å². The van der Waals surface area contributed by atoms with Gasteiger partial charge in [-0.3, -0.25) is 4.79 Å². The molecule has 0 saturated carbocycles. The van der Waals surface area contributed by atoms with Crippen molar-refractivity contribution in [2.75, 3.05) is 18.0 Å². The lowest BCUT2D eigenvalue weighted by atomic mass is 10.0. The zero-order valence-corrected chi connectivity index (χ0v) is 12.9. The highest BCUT2D eigenvalue weighted by Crippen LogP contribution is 2.37. The number of nitrogens with one attached hydrogen (secondary N) is 1. The minimum Gasteiger partial charge on any atom is -0.367 e. The lowest BCUT2D eigenvalue weighted by Crippen LogP contribution is -2.43. The largest absolute Gasteiger partial charge is 0.367 e. The monoisotopic (exact) mass is 304 g/mol. The van der Waals surface area contributed by atoms with E-state index in [4.69, 9.17) is 11.5 Å². The molecule has 22 heavy (non-hydrogen) atoms. The van der Waals surface area contributed by atoms with Gasteiger partial charge in [-0.2, -0.15) is 0 Å². The molecule has 5 nitrogen and oxygen atoms in total. The van der Waals surface area contributed by atoms with Crippen LogP contribution in [0.15, 0.2) is 6.07 Å². The van der Waals surface area contributed by atoms with Crippen molar-refractivity contribution >= 4 is 22.5 Å². The fraction of sp³-hybridized carbons (Fsp3) is 0.438. The molecular weight excluding hydrogens is 283 g/mol. The van der Waals surface area contributed by atoms with Gasteiger partial charge in [0.1, 0.15) is 5.82 Å². The molecule has 1 aromatic carbocycles. The quantitative estimate of drug-likeness (QED) is 0.792. The Kier molecular flexibility index (Phi) is 3.56. The van der Waals surface area contributed by atoms with Crippen molar-refractivity contribution in [1.82, 2.24) is 4.98 Å². The number of halogens is 1. The number of aryl methyl sites for hydroxylation is 2. The number of benzene rings is 1. The molecule has 1 amide bonds. The van der Waals surface area contributed by atoms with E-state index in [0.717, 1.165) is 36.0 Å². The molecule has 1 fully saturated rings. The topological polar surface area (TPSA) is 88.1 Å². The number of rotatable bonds is 2. The van der Waals surface area contributed by atoms with Gasteiger partial charge in [-0.15, -0.1) is 0 Å². The molecular formula is C16H21FN4O. The minimum atomic E-state index is -0.632. The van der Waals surface area contributed by atoms with E-state index in [-0.39, 0.29) is 11.6 Å². The molecule has 5 N–H and O–H groups in total. The molecule has 1 atom stereocenters. The second kappa shape index (κ2) is 5.28. The first-order valence-corrected chi connectivity index (χ1v) is 7.52. The predicted molar refractivity (Wildman–Crippen MR) is 85.7 cm³/mol. The Morgan fingerprint density at radius 1 is 1.45 bits per heavy atom. The van der Waals surface area contributed by atoms with Gasteiger partial charge in [-0.1, -0.05) is 0 Å². The van der Waals surface area contributed by atoms with Crippen LogP contribution in [-0.2, 0) is 0 Å². The van der Waals surface area contributed by atoms with Gasteiger partial charge in [0.05, 0.1) is 16.8 Å². The number of fused-ring (bicyclic) bond motifs is 1. The van der Waals surface area contributed by atoms with Gasteiger partial charge in [0.25, 0.3) is 5.91 Å². The van der Waals surface area contributed by atoms with Crippen LogP contribution in [0.5, 0.6) is 0 Å². The summed E-state index contributed by atoms with van der Waals surface area (Å²) in [6.45, 7) is 5.21. The summed E-state index contributed by atoms with van der Waals surface area (Å²) in [6.07, 6.45) is 1.88. The number of piperidine rings is 1. The number of aromatic nitrogens is 1. The van der Waals surface area contributed by atoms with E-state index in [1.807, 2.05) is 18.7 Å². The van der Waals surface area contributed by atoms with Crippen LogP contribution in [0.25, 0.3) is 10.9 Å². The zero-order chi connectivity index (χ0) is 16.0. The predicted octanol–water partition coefficient (Wildman–Crippen LogP) is 1.95. The van der Waals surface area contributed by atoms with Gasteiger partial charge < -0.3 is 21.4 Å². The highest BCUT2D eigenvalue weighted by atomic mass is 19.1. The van der Waals surface area contributed by atoms with Crippen molar-refractivity contribution in [3.8, 4) is 0 Å². The summed E-state index contributed by atoms with van der Waals surface area (Å²) in [6, 6.07) is 1.27. The smallest absolute Gasteiger partial charge is 0.250 e. The second-order valence-electron chi connectivity index (χ2n) is 6.09. The third kappa shape index (κ3) is 2.23. The first kappa shape index (κ1) is 14.8. The first-order valence-electron chi connectivity index (χ1n) is 7.52. The standard InChI is InChI=1S/C16H21FN4O/c1-8-9(2)20-14-11(16(19)22)6-12(17)15(13(8)14)21-5-3-4-10(18)7-21/h6,10,20H,3-5,7,18H2,1-2H3,(H2,19,22)/t10-/m0/s1. The van der Waals surface area contributed by atoms with Crippen molar-refractivity contribution in [3.63, 3.8) is 0 Å². The molecule has 0 radical (unpaired) electrons. The van der Waals surface area contributed by atoms with Crippen LogP contribution in [0, 0.1) is 19.7 Å². The summed E-state index contributed by atoms with van der Waals surface area (Å²) in [5.74, 6) is -1.05. The van der Waals surface area contributed by atoms with E-state index in [1.54, 1.807) is 0 Å². The summed E-state index contributed by atoms with van der Waals surface area (Å²) in [4.78, 5) is 16.8. The number of amides is 1. The number of H-pyrrole nitrogens is 1. The third-order valence-electron chi connectivity index (χ3n) is 4.54.